The van der Waals surface area contributed by atoms with Crippen molar-refractivity contribution in [3.05, 3.63) is 65.9 Å². The van der Waals surface area contributed by atoms with Crippen molar-refractivity contribution >= 4 is 31.1 Å². The van der Waals surface area contributed by atoms with Crippen molar-refractivity contribution in [1.82, 2.24) is 0 Å². The highest BCUT2D eigenvalue weighted by Crippen LogP contribution is 2.34. The number of hydrogen-bond donors (Lipinski definition) is 0. The Morgan fingerprint density at radius 1 is 1.05 bits per heavy atom. The van der Waals surface area contributed by atoms with E-state index in [1.807, 2.05) is 42.2 Å². The summed E-state index contributed by atoms with van der Waals surface area (Å²) in [5, 5.41) is 0. The molecule has 0 aliphatic carbocycles. The van der Waals surface area contributed by atoms with Gasteiger partial charge >= 0.3 is 0 Å². The lowest BCUT2D eigenvalue weighted by molar-refractivity contribution is 0.247. The van der Waals surface area contributed by atoms with Gasteiger partial charge in [-0.05, 0) is 31.2 Å². The van der Waals surface area contributed by atoms with Crippen LogP contribution in [0.3, 0.4) is 0 Å². The Kier molecular flexibility index (Phi) is 3.85. The molecule has 1 heterocycles. The maximum atomic E-state index is 11.3. The van der Waals surface area contributed by atoms with Gasteiger partial charge in [-0.25, -0.2) is 8.42 Å². The summed E-state index contributed by atoms with van der Waals surface area (Å²) in [5.41, 5.74) is 2.82. The van der Waals surface area contributed by atoms with Gasteiger partial charge in [0.1, 0.15) is 5.76 Å². The van der Waals surface area contributed by atoms with Gasteiger partial charge in [0.15, 0.2) is 6.73 Å². The minimum absolute atomic E-state index is 0.0846. The molecule has 0 unspecified atom stereocenters. The van der Waals surface area contributed by atoms with Gasteiger partial charge in [0.2, 0.25) is 0 Å². The minimum Gasteiger partial charge on any atom is -0.475 e. The van der Waals surface area contributed by atoms with Crippen LogP contribution >= 0.6 is 10.7 Å². The molecular formula is C16H14ClNO3S. The normalized spacial score (nSPS) is 15.1. The summed E-state index contributed by atoms with van der Waals surface area (Å²) >= 11 is 0. The predicted octanol–water partition coefficient (Wildman–Crippen LogP) is 3.80. The number of allylic oxidation sites excluding steroid dienone is 1. The second-order valence-electron chi connectivity index (χ2n) is 4.90. The fraction of sp³-hybridized carbons (Fsp3) is 0.125. The lowest BCUT2D eigenvalue weighted by atomic mass is 10.1. The highest BCUT2D eigenvalue weighted by Gasteiger charge is 2.24. The van der Waals surface area contributed by atoms with Crippen LogP contribution in [0.25, 0.3) is 5.70 Å². The second-order valence-corrected chi connectivity index (χ2v) is 7.47. The number of nitrogens with zero attached hydrogens (tertiary/aromatic N) is 1. The van der Waals surface area contributed by atoms with Gasteiger partial charge in [0.25, 0.3) is 9.05 Å². The molecule has 1 aliphatic rings. The molecule has 0 atom stereocenters. The van der Waals surface area contributed by atoms with Crippen LogP contribution in [0.2, 0.25) is 0 Å². The fourth-order valence-electron chi connectivity index (χ4n) is 2.43. The lowest BCUT2D eigenvalue weighted by Crippen LogP contribution is -2.18. The zero-order valence-corrected chi connectivity index (χ0v) is 13.4. The van der Waals surface area contributed by atoms with E-state index >= 15 is 0 Å². The summed E-state index contributed by atoms with van der Waals surface area (Å²) in [6.07, 6.45) is 0. The summed E-state index contributed by atoms with van der Waals surface area (Å²) < 4.78 is 28.3. The van der Waals surface area contributed by atoms with Gasteiger partial charge in [0.05, 0.1) is 10.6 Å². The van der Waals surface area contributed by atoms with Crippen molar-refractivity contribution in [2.45, 2.75) is 11.8 Å². The summed E-state index contributed by atoms with van der Waals surface area (Å²) in [6, 6.07) is 16.3. The topological polar surface area (TPSA) is 46.6 Å². The first-order valence-corrected chi connectivity index (χ1v) is 8.99. The number of ether oxygens (including phenoxy) is 1. The number of benzene rings is 2. The quantitative estimate of drug-likeness (QED) is 0.800. The molecule has 0 saturated heterocycles. The van der Waals surface area contributed by atoms with Crippen molar-refractivity contribution < 1.29 is 13.2 Å². The summed E-state index contributed by atoms with van der Waals surface area (Å²) in [6.45, 7) is 2.32. The molecule has 0 spiro atoms. The molecule has 2 aromatic rings. The molecule has 114 valence electrons. The van der Waals surface area contributed by atoms with E-state index in [4.69, 9.17) is 15.4 Å². The standard InChI is InChI=1S/C16H14ClNO3S/c1-12-16(13-7-9-15(10-8-13)22(17,19)20)18(11-21-12)14-5-3-2-4-6-14/h2-10H,11H2,1H3. The van der Waals surface area contributed by atoms with E-state index in [2.05, 4.69) is 0 Å². The van der Waals surface area contributed by atoms with Crippen molar-refractivity contribution in [1.29, 1.82) is 0 Å². The van der Waals surface area contributed by atoms with Gasteiger partial charge in [-0.2, -0.15) is 0 Å². The number of rotatable bonds is 3. The Morgan fingerprint density at radius 2 is 1.68 bits per heavy atom. The molecule has 2 aromatic carbocycles. The highest BCUT2D eigenvalue weighted by molar-refractivity contribution is 8.13. The molecule has 6 heteroatoms. The molecule has 22 heavy (non-hydrogen) atoms. The molecule has 3 rings (SSSR count). The van der Waals surface area contributed by atoms with Crippen LogP contribution in [0.15, 0.2) is 65.3 Å². The van der Waals surface area contributed by atoms with Gasteiger partial charge in [-0.1, -0.05) is 30.3 Å². The third kappa shape index (κ3) is 2.82. The summed E-state index contributed by atoms with van der Waals surface area (Å²) in [4.78, 5) is 2.13. The largest absolute Gasteiger partial charge is 0.475 e. The van der Waals surface area contributed by atoms with Crippen molar-refractivity contribution in [3.63, 3.8) is 0 Å². The monoisotopic (exact) mass is 335 g/mol. The number of anilines is 1. The van der Waals surface area contributed by atoms with E-state index < -0.39 is 9.05 Å². The van der Waals surface area contributed by atoms with Crippen LogP contribution in [0, 0.1) is 0 Å². The van der Waals surface area contributed by atoms with E-state index in [0.29, 0.717) is 6.73 Å². The smallest absolute Gasteiger partial charge is 0.261 e. The van der Waals surface area contributed by atoms with Crippen molar-refractivity contribution in [3.8, 4) is 0 Å². The van der Waals surface area contributed by atoms with Crippen LogP contribution in [-0.4, -0.2) is 15.1 Å². The van der Waals surface area contributed by atoms with E-state index in [-0.39, 0.29) is 4.90 Å². The van der Waals surface area contributed by atoms with Crippen LogP contribution in [0.4, 0.5) is 5.69 Å². The van der Waals surface area contributed by atoms with Crippen LogP contribution < -0.4 is 4.90 Å². The average molecular weight is 336 g/mol. The molecule has 0 bridgehead atoms. The second kappa shape index (κ2) is 5.66. The molecule has 0 saturated carbocycles. The first-order chi connectivity index (χ1) is 10.5. The molecule has 0 N–H and O–H groups in total. The maximum Gasteiger partial charge on any atom is 0.261 e. The van der Waals surface area contributed by atoms with E-state index in [1.165, 1.54) is 12.1 Å². The number of hydrogen-bond acceptors (Lipinski definition) is 4. The molecule has 0 radical (unpaired) electrons. The molecule has 0 fully saturated rings. The summed E-state index contributed by atoms with van der Waals surface area (Å²) in [7, 11) is 1.64. The summed E-state index contributed by atoms with van der Waals surface area (Å²) in [5.74, 6) is 0.797. The molecule has 1 aliphatic heterocycles. The van der Waals surface area contributed by atoms with E-state index in [0.717, 1.165) is 22.7 Å². The average Bonchev–Trinajstić information content (AvgIpc) is 2.89. The van der Waals surface area contributed by atoms with Gasteiger partial charge in [-0.15, -0.1) is 0 Å². The Balaban J connectivity index is 2.00. The first kappa shape index (κ1) is 14.9. The van der Waals surface area contributed by atoms with Crippen LogP contribution in [0.5, 0.6) is 0 Å². The zero-order chi connectivity index (χ0) is 15.7. The Morgan fingerprint density at radius 3 is 2.27 bits per heavy atom. The number of halogens is 1. The Bertz CT molecular complexity index is 814. The van der Waals surface area contributed by atoms with E-state index in [9.17, 15) is 8.42 Å². The molecule has 4 nitrogen and oxygen atoms in total. The fourth-order valence-corrected chi connectivity index (χ4v) is 3.20. The Labute approximate surface area is 134 Å². The van der Waals surface area contributed by atoms with Gasteiger partial charge in [0, 0.05) is 21.9 Å². The minimum atomic E-state index is -3.71. The van der Waals surface area contributed by atoms with E-state index in [1.54, 1.807) is 12.1 Å². The highest BCUT2D eigenvalue weighted by atomic mass is 35.7. The first-order valence-electron chi connectivity index (χ1n) is 6.68. The Hall–Kier alpha value is -1.98. The molecule has 0 amide bonds. The third-order valence-electron chi connectivity index (χ3n) is 3.49. The van der Waals surface area contributed by atoms with Gasteiger partial charge in [-0.3, -0.25) is 0 Å². The van der Waals surface area contributed by atoms with Crippen LogP contribution in [-0.2, 0) is 13.8 Å². The van der Waals surface area contributed by atoms with Crippen molar-refractivity contribution in [2.24, 2.45) is 0 Å². The predicted molar refractivity (Wildman–Crippen MR) is 86.9 cm³/mol. The molecular weight excluding hydrogens is 322 g/mol. The van der Waals surface area contributed by atoms with Crippen molar-refractivity contribution in [2.75, 3.05) is 11.6 Å². The maximum absolute atomic E-state index is 11.3. The SMILES string of the molecule is CC1=C(c2ccc(S(=O)(=O)Cl)cc2)N(c2ccccc2)CO1. The zero-order valence-electron chi connectivity index (χ0n) is 11.9. The molecule has 0 aromatic heterocycles. The van der Waals surface area contributed by atoms with Crippen LogP contribution in [0.1, 0.15) is 12.5 Å². The third-order valence-corrected chi connectivity index (χ3v) is 4.86. The van der Waals surface area contributed by atoms with Gasteiger partial charge < -0.3 is 9.64 Å². The lowest BCUT2D eigenvalue weighted by Gasteiger charge is -2.20. The number of para-hydroxylation sites is 1.